The van der Waals surface area contributed by atoms with Gasteiger partial charge >= 0.3 is 0 Å². The number of halogens is 4. The molecule has 22 heavy (non-hydrogen) atoms. The molecule has 0 bridgehead atoms. The number of fused-ring (bicyclic) bond motifs is 1. The summed E-state index contributed by atoms with van der Waals surface area (Å²) in [6, 6.07) is 1.05. The van der Waals surface area contributed by atoms with Gasteiger partial charge in [0.15, 0.2) is 11.6 Å². The standard InChI is InChI=1S/C15H17F3N2O.ClH/c16-9-6-11(18)13(7-10(9)17)20-15(21)14-5-8-3-1-2-4-12(8)19-14;/h6-8,12,14,19H,1-5H2,(H,20,21);1H. The van der Waals surface area contributed by atoms with E-state index in [1.165, 1.54) is 6.42 Å². The second-order valence-corrected chi connectivity index (χ2v) is 5.84. The van der Waals surface area contributed by atoms with Gasteiger partial charge in [0, 0.05) is 18.2 Å². The van der Waals surface area contributed by atoms with Crippen molar-refractivity contribution in [3.05, 3.63) is 29.6 Å². The van der Waals surface area contributed by atoms with Crippen LogP contribution in [0.1, 0.15) is 32.1 Å². The average molecular weight is 335 g/mol. The van der Waals surface area contributed by atoms with E-state index < -0.39 is 29.4 Å². The Morgan fingerprint density at radius 1 is 1.09 bits per heavy atom. The summed E-state index contributed by atoms with van der Waals surface area (Å²) in [7, 11) is 0. The summed E-state index contributed by atoms with van der Waals surface area (Å²) in [5.41, 5.74) is -0.324. The van der Waals surface area contributed by atoms with Gasteiger partial charge in [-0.1, -0.05) is 12.8 Å². The van der Waals surface area contributed by atoms with E-state index in [-0.39, 0.29) is 18.1 Å². The van der Waals surface area contributed by atoms with Crippen molar-refractivity contribution >= 4 is 24.0 Å². The topological polar surface area (TPSA) is 41.1 Å². The average Bonchev–Trinajstić information content (AvgIpc) is 2.88. The first-order chi connectivity index (χ1) is 10.0. The number of nitrogens with one attached hydrogen (secondary N) is 2. The molecule has 1 aromatic carbocycles. The van der Waals surface area contributed by atoms with Crippen molar-refractivity contribution in [2.75, 3.05) is 5.32 Å². The van der Waals surface area contributed by atoms with Crippen LogP contribution in [0.2, 0.25) is 0 Å². The third-order valence-corrected chi connectivity index (χ3v) is 4.45. The molecule has 2 aliphatic rings. The zero-order valence-electron chi connectivity index (χ0n) is 11.9. The Bertz CT molecular complexity index is 556. The van der Waals surface area contributed by atoms with Crippen LogP contribution >= 0.6 is 12.4 Å². The molecule has 1 saturated heterocycles. The SMILES string of the molecule is Cl.O=C(Nc1cc(F)c(F)cc1F)C1CC2CCCCC2N1. The van der Waals surface area contributed by atoms with Gasteiger partial charge in [0.1, 0.15) is 5.82 Å². The molecule has 3 atom stereocenters. The highest BCUT2D eigenvalue weighted by molar-refractivity contribution is 5.95. The molecule has 1 amide bonds. The zero-order valence-corrected chi connectivity index (χ0v) is 12.7. The Labute approximate surface area is 133 Å². The molecule has 1 aliphatic heterocycles. The summed E-state index contributed by atoms with van der Waals surface area (Å²) in [4.78, 5) is 12.2. The normalized spacial score (nSPS) is 27.0. The number of hydrogen-bond acceptors (Lipinski definition) is 2. The Hall–Kier alpha value is -1.27. The first kappa shape index (κ1) is 17.1. The summed E-state index contributed by atoms with van der Waals surface area (Å²) >= 11 is 0. The van der Waals surface area contributed by atoms with E-state index in [0.717, 1.165) is 19.3 Å². The van der Waals surface area contributed by atoms with Crippen LogP contribution < -0.4 is 10.6 Å². The van der Waals surface area contributed by atoms with E-state index in [1.54, 1.807) is 0 Å². The van der Waals surface area contributed by atoms with Crippen LogP contribution in [0.5, 0.6) is 0 Å². The predicted molar refractivity (Wildman–Crippen MR) is 79.5 cm³/mol. The molecular formula is C15H18ClF3N2O. The lowest BCUT2D eigenvalue weighted by atomic mass is 9.85. The number of hydrogen-bond donors (Lipinski definition) is 2. The van der Waals surface area contributed by atoms with Crippen LogP contribution in [-0.4, -0.2) is 18.0 Å². The summed E-state index contributed by atoms with van der Waals surface area (Å²) in [6.45, 7) is 0. The first-order valence-electron chi connectivity index (χ1n) is 7.26. The molecule has 3 rings (SSSR count). The lowest BCUT2D eigenvalue weighted by Gasteiger charge is -2.24. The molecule has 7 heteroatoms. The summed E-state index contributed by atoms with van der Waals surface area (Å²) < 4.78 is 39.5. The van der Waals surface area contributed by atoms with Gasteiger partial charge in [0.05, 0.1) is 11.7 Å². The third-order valence-electron chi connectivity index (χ3n) is 4.45. The Balaban J connectivity index is 0.00000176. The molecule has 0 spiro atoms. The molecule has 3 nitrogen and oxygen atoms in total. The molecule has 2 fully saturated rings. The Kier molecular flexibility index (Phi) is 5.34. The number of carbonyl (C=O) groups excluding carboxylic acids is 1. The smallest absolute Gasteiger partial charge is 0.241 e. The van der Waals surface area contributed by atoms with E-state index in [0.29, 0.717) is 30.5 Å². The van der Waals surface area contributed by atoms with Gasteiger partial charge in [-0.3, -0.25) is 4.79 Å². The summed E-state index contributed by atoms with van der Waals surface area (Å²) in [5, 5.41) is 5.60. The maximum atomic E-state index is 13.5. The zero-order chi connectivity index (χ0) is 15.0. The fourth-order valence-electron chi connectivity index (χ4n) is 3.36. The van der Waals surface area contributed by atoms with Crippen LogP contribution in [0.15, 0.2) is 12.1 Å². The van der Waals surface area contributed by atoms with Gasteiger partial charge in [-0.15, -0.1) is 12.4 Å². The quantitative estimate of drug-likeness (QED) is 0.814. The minimum atomic E-state index is -1.27. The van der Waals surface area contributed by atoms with E-state index in [2.05, 4.69) is 10.6 Å². The van der Waals surface area contributed by atoms with Crippen molar-refractivity contribution in [1.29, 1.82) is 0 Å². The molecule has 122 valence electrons. The number of amides is 1. The fraction of sp³-hybridized carbons (Fsp3) is 0.533. The molecule has 3 unspecified atom stereocenters. The van der Waals surface area contributed by atoms with Gasteiger partial charge in [-0.2, -0.15) is 0 Å². The highest BCUT2D eigenvalue weighted by Crippen LogP contribution is 2.33. The predicted octanol–water partition coefficient (Wildman–Crippen LogP) is 3.38. The van der Waals surface area contributed by atoms with Gasteiger partial charge in [-0.25, -0.2) is 13.2 Å². The van der Waals surface area contributed by atoms with Crippen molar-refractivity contribution in [3.63, 3.8) is 0 Å². The van der Waals surface area contributed by atoms with Crippen molar-refractivity contribution in [1.82, 2.24) is 5.32 Å². The van der Waals surface area contributed by atoms with Crippen LogP contribution in [0.3, 0.4) is 0 Å². The second-order valence-electron chi connectivity index (χ2n) is 5.84. The van der Waals surface area contributed by atoms with Gasteiger partial charge in [-0.05, 0) is 25.2 Å². The molecule has 0 aromatic heterocycles. The Morgan fingerprint density at radius 3 is 2.50 bits per heavy atom. The second kappa shape index (κ2) is 6.87. The summed E-state index contributed by atoms with van der Waals surface area (Å²) in [6.07, 6.45) is 5.19. The third kappa shape index (κ3) is 3.38. The van der Waals surface area contributed by atoms with Crippen molar-refractivity contribution in [2.24, 2.45) is 5.92 Å². The van der Waals surface area contributed by atoms with Gasteiger partial charge in [0.2, 0.25) is 5.91 Å². The van der Waals surface area contributed by atoms with Crippen LogP contribution in [-0.2, 0) is 4.79 Å². The highest BCUT2D eigenvalue weighted by atomic mass is 35.5. The Morgan fingerprint density at radius 2 is 1.77 bits per heavy atom. The number of carbonyl (C=O) groups is 1. The number of benzene rings is 1. The molecule has 1 saturated carbocycles. The largest absolute Gasteiger partial charge is 0.322 e. The minimum Gasteiger partial charge on any atom is -0.322 e. The molecule has 1 heterocycles. The van der Waals surface area contributed by atoms with Crippen molar-refractivity contribution < 1.29 is 18.0 Å². The molecule has 1 aromatic rings. The van der Waals surface area contributed by atoms with Crippen molar-refractivity contribution in [2.45, 2.75) is 44.2 Å². The fourth-order valence-corrected chi connectivity index (χ4v) is 3.36. The van der Waals surface area contributed by atoms with E-state index in [1.807, 2.05) is 0 Å². The summed E-state index contributed by atoms with van der Waals surface area (Å²) in [5.74, 6) is -3.34. The van der Waals surface area contributed by atoms with E-state index in [4.69, 9.17) is 0 Å². The molecule has 2 N–H and O–H groups in total. The van der Waals surface area contributed by atoms with Crippen LogP contribution in [0.4, 0.5) is 18.9 Å². The monoisotopic (exact) mass is 334 g/mol. The first-order valence-corrected chi connectivity index (χ1v) is 7.26. The lowest BCUT2D eigenvalue weighted by molar-refractivity contribution is -0.117. The van der Waals surface area contributed by atoms with Gasteiger partial charge < -0.3 is 10.6 Å². The van der Waals surface area contributed by atoms with Gasteiger partial charge in [0.25, 0.3) is 0 Å². The number of rotatable bonds is 2. The molecule has 0 radical (unpaired) electrons. The van der Waals surface area contributed by atoms with E-state index in [9.17, 15) is 18.0 Å². The highest BCUT2D eigenvalue weighted by Gasteiger charge is 2.38. The maximum absolute atomic E-state index is 13.5. The molecular weight excluding hydrogens is 317 g/mol. The minimum absolute atomic E-state index is 0. The maximum Gasteiger partial charge on any atom is 0.241 e. The van der Waals surface area contributed by atoms with Crippen molar-refractivity contribution in [3.8, 4) is 0 Å². The lowest BCUT2D eigenvalue weighted by Crippen LogP contribution is -2.40. The van der Waals surface area contributed by atoms with Crippen LogP contribution in [0.25, 0.3) is 0 Å². The van der Waals surface area contributed by atoms with Crippen LogP contribution in [0, 0.1) is 23.4 Å². The number of anilines is 1. The molecule has 1 aliphatic carbocycles. The van der Waals surface area contributed by atoms with E-state index >= 15 is 0 Å².